The maximum Gasteiger partial charge on any atom is 0.128 e. The minimum absolute atomic E-state index is 0.207. The molecule has 0 amide bonds. The van der Waals surface area contributed by atoms with Crippen LogP contribution in [0.5, 0.6) is 0 Å². The minimum Gasteiger partial charge on any atom is -0.390 e. The van der Waals surface area contributed by atoms with E-state index in [1.54, 1.807) is 25.1 Å². The van der Waals surface area contributed by atoms with Gasteiger partial charge in [-0.2, -0.15) is 0 Å². The van der Waals surface area contributed by atoms with Crippen LogP contribution in [0.4, 0.5) is 4.39 Å². The summed E-state index contributed by atoms with van der Waals surface area (Å²) in [4.78, 5) is 0. The first-order chi connectivity index (χ1) is 10.2. The van der Waals surface area contributed by atoms with Crippen LogP contribution >= 0.6 is 0 Å². The van der Waals surface area contributed by atoms with Crippen molar-refractivity contribution < 1.29 is 18.4 Å². The highest BCUT2D eigenvalue weighted by Gasteiger charge is 2.46. The summed E-state index contributed by atoms with van der Waals surface area (Å²) in [6.07, 6.45) is -0.728. The molecule has 4 nitrogen and oxygen atoms in total. The number of hydrogen-bond donors (Lipinski definition) is 2. The molecular formula is C16H24FNO3S. The number of hydrogen-bond acceptors (Lipinski definition) is 3. The fourth-order valence-electron chi connectivity index (χ4n) is 2.65. The monoisotopic (exact) mass is 329 g/mol. The first-order valence-electron chi connectivity index (χ1n) is 7.37. The summed E-state index contributed by atoms with van der Waals surface area (Å²) in [6, 6.07) is 6.38. The second-order valence-electron chi connectivity index (χ2n) is 6.88. The van der Waals surface area contributed by atoms with Gasteiger partial charge >= 0.3 is 0 Å². The average molecular weight is 329 g/mol. The van der Waals surface area contributed by atoms with Crippen LogP contribution in [-0.2, 0) is 21.3 Å². The second-order valence-corrected chi connectivity index (χ2v) is 8.84. The number of ether oxygens (including phenoxy) is 1. The van der Waals surface area contributed by atoms with Gasteiger partial charge in [-0.25, -0.2) is 13.3 Å². The molecule has 6 heteroatoms. The van der Waals surface area contributed by atoms with E-state index < -0.39 is 27.4 Å². The van der Waals surface area contributed by atoms with Gasteiger partial charge in [-0.05, 0) is 33.8 Å². The first-order valence-corrected chi connectivity index (χ1v) is 8.52. The van der Waals surface area contributed by atoms with E-state index in [4.69, 9.17) is 4.74 Å². The maximum absolute atomic E-state index is 14.4. The van der Waals surface area contributed by atoms with Crippen molar-refractivity contribution in [2.24, 2.45) is 5.92 Å². The fraction of sp³-hybridized carbons (Fsp3) is 0.625. The molecule has 0 radical (unpaired) electrons. The molecule has 1 aromatic carbocycles. The van der Waals surface area contributed by atoms with Crippen LogP contribution < -0.4 is 4.72 Å². The van der Waals surface area contributed by atoms with Crippen molar-refractivity contribution in [3.63, 3.8) is 0 Å². The van der Waals surface area contributed by atoms with Gasteiger partial charge in [0.15, 0.2) is 0 Å². The van der Waals surface area contributed by atoms with E-state index >= 15 is 0 Å². The smallest absolute Gasteiger partial charge is 0.128 e. The third kappa shape index (κ3) is 3.40. The lowest BCUT2D eigenvalue weighted by Crippen LogP contribution is -2.54. The molecule has 1 aliphatic rings. The highest BCUT2D eigenvalue weighted by atomic mass is 32.2. The Hall–Kier alpha value is -0.820. The average Bonchev–Trinajstić information content (AvgIpc) is 2.84. The van der Waals surface area contributed by atoms with Gasteiger partial charge < -0.3 is 9.84 Å². The van der Waals surface area contributed by atoms with Gasteiger partial charge in [-0.15, -0.1) is 0 Å². The summed E-state index contributed by atoms with van der Waals surface area (Å²) in [5, 5.41) is 10.2. The molecule has 1 aromatic rings. The summed E-state index contributed by atoms with van der Waals surface area (Å²) in [7, 11) is -1.41. The van der Waals surface area contributed by atoms with E-state index in [1.165, 1.54) is 6.07 Å². The molecule has 0 spiro atoms. The fourth-order valence-corrected chi connectivity index (χ4v) is 3.61. The third-order valence-electron chi connectivity index (χ3n) is 4.09. The maximum atomic E-state index is 14.4. The Bertz CT molecular complexity index is 561. The Balaban J connectivity index is 2.45. The van der Waals surface area contributed by atoms with Crippen molar-refractivity contribution in [3.8, 4) is 0 Å². The molecule has 0 aliphatic carbocycles. The van der Waals surface area contributed by atoms with Crippen molar-refractivity contribution in [3.05, 3.63) is 35.6 Å². The van der Waals surface area contributed by atoms with Crippen LogP contribution in [0.1, 0.15) is 33.3 Å². The highest BCUT2D eigenvalue weighted by Crippen LogP contribution is 2.37. The molecule has 124 valence electrons. The standard InChI is InChI=1S/C16H24FNO3S/c1-15(2,3)22(20)18-16(4,12-9-21-10-14(12)19)11-7-5-6-8-13(11)17/h5-8,12,14,18-19H,9-10H2,1-4H3/t12-,14+,16?,22?/m0/s1. The van der Waals surface area contributed by atoms with E-state index in [-0.39, 0.29) is 18.3 Å². The number of rotatable bonds is 4. The Morgan fingerprint density at radius 2 is 1.91 bits per heavy atom. The number of aliphatic hydroxyl groups is 1. The third-order valence-corrected chi connectivity index (χ3v) is 5.81. The molecule has 1 saturated heterocycles. The molecule has 2 unspecified atom stereocenters. The van der Waals surface area contributed by atoms with Crippen molar-refractivity contribution >= 4 is 11.0 Å². The summed E-state index contributed by atoms with van der Waals surface area (Å²) < 4.78 is 34.8. The lowest BCUT2D eigenvalue weighted by molar-refractivity contribution is 0.0920. The summed E-state index contributed by atoms with van der Waals surface area (Å²) >= 11 is 0. The molecule has 0 bridgehead atoms. The van der Waals surface area contributed by atoms with Crippen molar-refractivity contribution in [1.29, 1.82) is 0 Å². The van der Waals surface area contributed by atoms with Crippen molar-refractivity contribution in [2.45, 2.75) is 44.1 Å². The predicted octanol–water partition coefficient (Wildman–Crippen LogP) is 2.10. The summed E-state index contributed by atoms with van der Waals surface area (Å²) in [6.45, 7) is 7.81. The number of halogens is 1. The van der Waals surface area contributed by atoms with E-state index in [9.17, 15) is 13.7 Å². The second kappa shape index (κ2) is 6.35. The molecule has 2 N–H and O–H groups in total. The van der Waals surface area contributed by atoms with Crippen molar-refractivity contribution in [2.75, 3.05) is 13.2 Å². The summed E-state index contributed by atoms with van der Waals surface area (Å²) in [5.74, 6) is -0.766. The molecular weight excluding hydrogens is 305 g/mol. The zero-order valence-electron chi connectivity index (χ0n) is 13.4. The Morgan fingerprint density at radius 1 is 1.27 bits per heavy atom. The molecule has 1 heterocycles. The summed E-state index contributed by atoms with van der Waals surface area (Å²) in [5.41, 5.74) is -0.596. The SMILES string of the molecule is CC(NS(=O)C(C)(C)C)(c1ccccc1F)[C@H]1COC[C@H]1O. The highest BCUT2D eigenvalue weighted by molar-refractivity contribution is 7.84. The number of aliphatic hydroxyl groups excluding tert-OH is 1. The Kier molecular flexibility index (Phi) is 5.06. The lowest BCUT2D eigenvalue weighted by Gasteiger charge is -2.39. The van der Waals surface area contributed by atoms with Gasteiger partial charge in [0.05, 0.1) is 40.6 Å². The van der Waals surface area contributed by atoms with Gasteiger partial charge in [-0.1, -0.05) is 18.2 Å². The molecule has 4 atom stereocenters. The van der Waals surface area contributed by atoms with Gasteiger partial charge in [0, 0.05) is 11.5 Å². The topological polar surface area (TPSA) is 58.6 Å². The number of benzene rings is 1. The largest absolute Gasteiger partial charge is 0.390 e. The molecule has 1 fully saturated rings. The van der Waals surface area contributed by atoms with Crippen LogP contribution in [0.3, 0.4) is 0 Å². The van der Waals surface area contributed by atoms with E-state index in [0.29, 0.717) is 12.2 Å². The molecule has 0 aromatic heterocycles. The normalized spacial score (nSPS) is 26.6. The first kappa shape index (κ1) is 17.5. The Morgan fingerprint density at radius 3 is 2.41 bits per heavy atom. The van der Waals surface area contributed by atoms with Gasteiger partial charge in [0.2, 0.25) is 0 Å². The minimum atomic E-state index is -1.41. The zero-order chi connectivity index (χ0) is 16.5. The van der Waals surface area contributed by atoms with Gasteiger partial charge in [0.25, 0.3) is 0 Å². The van der Waals surface area contributed by atoms with Crippen LogP contribution in [0.25, 0.3) is 0 Å². The van der Waals surface area contributed by atoms with Crippen LogP contribution in [0, 0.1) is 11.7 Å². The molecule has 0 saturated carbocycles. The van der Waals surface area contributed by atoms with E-state index in [2.05, 4.69) is 4.72 Å². The van der Waals surface area contributed by atoms with Crippen molar-refractivity contribution in [1.82, 2.24) is 4.72 Å². The zero-order valence-corrected chi connectivity index (χ0v) is 14.2. The number of nitrogens with one attached hydrogen (secondary N) is 1. The molecule has 2 rings (SSSR count). The lowest BCUT2D eigenvalue weighted by atomic mass is 9.78. The van der Waals surface area contributed by atoms with E-state index in [1.807, 2.05) is 20.8 Å². The van der Waals surface area contributed by atoms with Crippen LogP contribution in [-0.4, -0.2) is 33.4 Å². The van der Waals surface area contributed by atoms with Crippen LogP contribution in [0.2, 0.25) is 0 Å². The quantitative estimate of drug-likeness (QED) is 0.889. The van der Waals surface area contributed by atoms with Gasteiger partial charge in [0.1, 0.15) is 5.82 Å². The predicted molar refractivity (Wildman–Crippen MR) is 85.1 cm³/mol. The molecule has 22 heavy (non-hydrogen) atoms. The van der Waals surface area contributed by atoms with Crippen LogP contribution in [0.15, 0.2) is 24.3 Å². The molecule has 1 aliphatic heterocycles. The van der Waals surface area contributed by atoms with Gasteiger partial charge in [-0.3, -0.25) is 0 Å². The Labute approximate surface area is 133 Å². The van der Waals surface area contributed by atoms with E-state index in [0.717, 1.165) is 0 Å².